The molecule has 0 bridgehead atoms. The minimum absolute atomic E-state index is 0.136. The standard InChI is InChI=1S/C12H16Cl2N2O2/c1-8(12(17)15-6-7-18-2)16-11-9(13)4-3-5-10(11)14/h3-5,8,16H,6-7H2,1-2H3,(H,15,17). The van der Waals surface area contributed by atoms with E-state index in [1.54, 1.807) is 32.2 Å². The van der Waals surface area contributed by atoms with Gasteiger partial charge in [0.05, 0.1) is 22.3 Å². The van der Waals surface area contributed by atoms with E-state index in [2.05, 4.69) is 10.6 Å². The van der Waals surface area contributed by atoms with Gasteiger partial charge in [-0.2, -0.15) is 0 Å². The molecule has 100 valence electrons. The molecule has 0 saturated carbocycles. The zero-order valence-electron chi connectivity index (χ0n) is 10.3. The second-order valence-corrected chi connectivity index (χ2v) is 4.56. The van der Waals surface area contributed by atoms with E-state index in [-0.39, 0.29) is 5.91 Å². The second kappa shape index (κ2) is 7.46. The zero-order chi connectivity index (χ0) is 13.5. The SMILES string of the molecule is COCCNC(=O)C(C)Nc1c(Cl)cccc1Cl. The Hall–Kier alpha value is -0.970. The Balaban J connectivity index is 2.58. The molecule has 2 N–H and O–H groups in total. The van der Waals surface area contributed by atoms with Gasteiger partial charge in [-0.25, -0.2) is 0 Å². The molecule has 1 rings (SSSR count). The molecule has 6 heteroatoms. The number of carbonyl (C=O) groups is 1. The number of anilines is 1. The number of benzene rings is 1. The summed E-state index contributed by atoms with van der Waals surface area (Å²) in [6.45, 7) is 2.69. The number of hydrogen-bond donors (Lipinski definition) is 2. The number of ether oxygens (including phenoxy) is 1. The Morgan fingerprint density at radius 2 is 2.00 bits per heavy atom. The van der Waals surface area contributed by atoms with E-state index in [1.807, 2.05) is 0 Å². The zero-order valence-corrected chi connectivity index (χ0v) is 11.8. The fourth-order valence-corrected chi connectivity index (χ4v) is 1.85. The van der Waals surface area contributed by atoms with Gasteiger partial charge >= 0.3 is 0 Å². The first-order valence-corrected chi connectivity index (χ1v) is 6.29. The summed E-state index contributed by atoms with van der Waals surface area (Å²) in [5.41, 5.74) is 0.565. The van der Waals surface area contributed by atoms with Gasteiger partial charge in [-0.15, -0.1) is 0 Å². The minimum Gasteiger partial charge on any atom is -0.383 e. The maximum atomic E-state index is 11.7. The molecule has 18 heavy (non-hydrogen) atoms. The van der Waals surface area contributed by atoms with Crippen molar-refractivity contribution in [3.8, 4) is 0 Å². The van der Waals surface area contributed by atoms with Crippen LogP contribution >= 0.6 is 23.2 Å². The number of carbonyl (C=O) groups excluding carboxylic acids is 1. The summed E-state index contributed by atoms with van der Waals surface area (Å²) >= 11 is 12.0. The molecule has 4 nitrogen and oxygen atoms in total. The smallest absolute Gasteiger partial charge is 0.242 e. The Bertz CT molecular complexity index is 393. The topological polar surface area (TPSA) is 50.4 Å². The fourth-order valence-electron chi connectivity index (χ4n) is 1.35. The second-order valence-electron chi connectivity index (χ2n) is 3.75. The van der Waals surface area contributed by atoms with Crippen LogP contribution in [0.5, 0.6) is 0 Å². The number of nitrogens with one attached hydrogen (secondary N) is 2. The quantitative estimate of drug-likeness (QED) is 0.792. The summed E-state index contributed by atoms with van der Waals surface area (Å²) in [6.07, 6.45) is 0. The molecule has 0 fully saturated rings. The number of amides is 1. The summed E-state index contributed by atoms with van der Waals surface area (Å²) in [4.78, 5) is 11.7. The van der Waals surface area contributed by atoms with Crippen LogP contribution < -0.4 is 10.6 Å². The molecular formula is C12H16Cl2N2O2. The van der Waals surface area contributed by atoms with E-state index in [0.717, 1.165) is 0 Å². The molecule has 0 aliphatic rings. The largest absolute Gasteiger partial charge is 0.383 e. The van der Waals surface area contributed by atoms with Crippen molar-refractivity contribution in [3.05, 3.63) is 28.2 Å². The molecular weight excluding hydrogens is 275 g/mol. The van der Waals surface area contributed by atoms with E-state index < -0.39 is 6.04 Å². The van der Waals surface area contributed by atoms with Gasteiger partial charge in [0.25, 0.3) is 0 Å². The first-order valence-electron chi connectivity index (χ1n) is 5.53. The lowest BCUT2D eigenvalue weighted by Crippen LogP contribution is -2.39. The van der Waals surface area contributed by atoms with Gasteiger partial charge in [0.2, 0.25) is 5.91 Å². The number of rotatable bonds is 6. The third-order valence-electron chi connectivity index (χ3n) is 2.32. The lowest BCUT2D eigenvalue weighted by Gasteiger charge is -2.17. The van der Waals surface area contributed by atoms with E-state index in [0.29, 0.717) is 28.9 Å². The van der Waals surface area contributed by atoms with Crippen LogP contribution in [0.1, 0.15) is 6.92 Å². The van der Waals surface area contributed by atoms with Crippen molar-refractivity contribution in [2.24, 2.45) is 0 Å². The van der Waals surface area contributed by atoms with Gasteiger partial charge in [-0.3, -0.25) is 4.79 Å². The summed E-state index contributed by atoms with van der Waals surface area (Å²) in [6, 6.07) is 4.75. The van der Waals surface area contributed by atoms with Gasteiger partial charge in [0, 0.05) is 13.7 Å². The Morgan fingerprint density at radius 1 is 1.39 bits per heavy atom. The number of methoxy groups -OCH3 is 1. The maximum absolute atomic E-state index is 11.7. The molecule has 1 amide bonds. The Labute approximate surface area is 117 Å². The molecule has 1 unspecified atom stereocenters. The van der Waals surface area contributed by atoms with Crippen LogP contribution in [0.4, 0.5) is 5.69 Å². The highest BCUT2D eigenvalue weighted by atomic mass is 35.5. The van der Waals surface area contributed by atoms with Crippen LogP contribution in [0.15, 0.2) is 18.2 Å². The van der Waals surface area contributed by atoms with Crippen molar-refractivity contribution in [3.63, 3.8) is 0 Å². The minimum atomic E-state index is -0.431. The predicted octanol–water partition coefficient (Wildman–Crippen LogP) is 2.56. The summed E-state index contributed by atoms with van der Waals surface area (Å²) in [7, 11) is 1.58. The first kappa shape index (κ1) is 15.1. The van der Waals surface area contributed by atoms with Crippen LogP contribution in [0.25, 0.3) is 0 Å². The monoisotopic (exact) mass is 290 g/mol. The Morgan fingerprint density at radius 3 is 2.56 bits per heavy atom. The molecule has 1 aromatic rings. The predicted molar refractivity (Wildman–Crippen MR) is 74.4 cm³/mol. The molecule has 0 spiro atoms. The highest BCUT2D eigenvalue weighted by Gasteiger charge is 2.15. The van der Waals surface area contributed by atoms with Crippen LogP contribution in [-0.2, 0) is 9.53 Å². The highest BCUT2D eigenvalue weighted by molar-refractivity contribution is 6.39. The molecule has 0 aromatic heterocycles. The third kappa shape index (κ3) is 4.37. The average Bonchev–Trinajstić information content (AvgIpc) is 2.34. The summed E-state index contributed by atoms with van der Waals surface area (Å²) in [5.74, 6) is -0.136. The van der Waals surface area contributed by atoms with E-state index in [4.69, 9.17) is 27.9 Å². The molecule has 1 atom stereocenters. The lowest BCUT2D eigenvalue weighted by molar-refractivity contribution is -0.121. The summed E-state index contributed by atoms with van der Waals surface area (Å²) in [5, 5.41) is 6.69. The normalized spacial score (nSPS) is 12.0. The Kier molecular flexibility index (Phi) is 6.25. The maximum Gasteiger partial charge on any atom is 0.242 e. The van der Waals surface area contributed by atoms with Gasteiger partial charge in [-0.1, -0.05) is 29.3 Å². The van der Waals surface area contributed by atoms with Crippen LogP contribution in [0.3, 0.4) is 0 Å². The van der Waals surface area contributed by atoms with E-state index in [1.165, 1.54) is 0 Å². The number of halogens is 2. The van der Waals surface area contributed by atoms with Gasteiger partial charge in [0.1, 0.15) is 6.04 Å². The number of hydrogen-bond acceptors (Lipinski definition) is 3. The average molecular weight is 291 g/mol. The van der Waals surface area contributed by atoms with Crippen molar-refractivity contribution in [1.29, 1.82) is 0 Å². The van der Waals surface area contributed by atoms with Gasteiger partial charge in [-0.05, 0) is 19.1 Å². The van der Waals surface area contributed by atoms with Crippen molar-refractivity contribution in [2.75, 3.05) is 25.6 Å². The van der Waals surface area contributed by atoms with Crippen molar-refractivity contribution in [2.45, 2.75) is 13.0 Å². The van der Waals surface area contributed by atoms with Crippen molar-refractivity contribution in [1.82, 2.24) is 5.32 Å². The van der Waals surface area contributed by atoms with Crippen molar-refractivity contribution >= 4 is 34.8 Å². The van der Waals surface area contributed by atoms with E-state index in [9.17, 15) is 4.79 Å². The summed E-state index contributed by atoms with van der Waals surface area (Å²) < 4.78 is 4.85. The molecule has 0 aliphatic heterocycles. The molecule has 1 aromatic carbocycles. The fraction of sp³-hybridized carbons (Fsp3) is 0.417. The van der Waals surface area contributed by atoms with Crippen molar-refractivity contribution < 1.29 is 9.53 Å². The van der Waals surface area contributed by atoms with Crippen LogP contribution in [0.2, 0.25) is 10.0 Å². The molecule has 0 aliphatic carbocycles. The van der Waals surface area contributed by atoms with Crippen LogP contribution in [-0.4, -0.2) is 32.2 Å². The molecule has 0 heterocycles. The van der Waals surface area contributed by atoms with Gasteiger partial charge < -0.3 is 15.4 Å². The third-order valence-corrected chi connectivity index (χ3v) is 2.95. The lowest BCUT2D eigenvalue weighted by atomic mass is 10.2. The first-order chi connectivity index (χ1) is 8.56. The molecule has 0 radical (unpaired) electrons. The van der Waals surface area contributed by atoms with Crippen LogP contribution in [0, 0.1) is 0 Å². The highest BCUT2D eigenvalue weighted by Crippen LogP contribution is 2.30. The number of para-hydroxylation sites is 1. The van der Waals surface area contributed by atoms with E-state index >= 15 is 0 Å². The van der Waals surface area contributed by atoms with Gasteiger partial charge in [0.15, 0.2) is 0 Å². The molecule has 0 saturated heterocycles.